The quantitative estimate of drug-likeness (QED) is 0.124. The first-order valence-electron chi connectivity index (χ1n) is 16.8. The number of halogens is 1. The van der Waals surface area contributed by atoms with Crippen LogP contribution in [0.15, 0.2) is 60.7 Å². The molecule has 1 amide bonds. The van der Waals surface area contributed by atoms with E-state index in [2.05, 4.69) is 16.0 Å². The van der Waals surface area contributed by atoms with Gasteiger partial charge in [-0.05, 0) is 81.0 Å². The standard InChI is InChI=1S/C37H49FN4O6S/c1-23(2)40-25-18-29(34(38)32(19-25)42-15-9-10-16-49(42,46)47)36(45)41-30(17-24-11-7-6-8-12-24)33(43)22-39-31-21-37(3,4)35(44)27-14-13-26(48-5)20-28(27)31/h6-8,11-14,18-20,23,30-31,33,39-40,43,46-47H,9-10,15-17,21-22H2,1-5H3,(H,41,45)/t30-,31-,33+/m0/s1. The van der Waals surface area contributed by atoms with Crippen LogP contribution in [0.1, 0.15) is 84.8 Å². The molecule has 1 fully saturated rings. The number of amides is 1. The number of Topliss-reactive ketones (excluding diaryl/α,β-unsaturated/α-hetero) is 1. The van der Waals surface area contributed by atoms with E-state index in [4.69, 9.17) is 4.74 Å². The molecule has 3 aromatic carbocycles. The van der Waals surface area contributed by atoms with Crippen LogP contribution in [0.25, 0.3) is 0 Å². The van der Waals surface area contributed by atoms with Gasteiger partial charge in [-0.2, -0.15) is 0 Å². The van der Waals surface area contributed by atoms with Gasteiger partial charge in [0.1, 0.15) is 5.75 Å². The molecule has 1 aliphatic carbocycles. The van der Waals surface area contributed by atoms with Gasteiger partial charge >= 0.3 is 0 Å². The van der Waals surface area contributed by atoms with Crippen molar-refractivity contribution in [1.29, 1.82) is 0 Å². The van der Waals surface area contributed by atoms with Crippen LogP contribution >= 0.6 is 10.8 Å². The summed E-state index contributed by atoms with van der Waals surface area (Å²) in [4.78, 5) is 27.2. The van der Waals surface area contributed by atoms with E-state index in [9.17, 15) is 23.8 Å². The van der Waals surface area contributed by atoms with Crippen LogP contribution in [0, 0.1) is 11.2 Å². The van der Waals surface area contributed by atoms with E-state index in [-0.39, 0.29) is 54.4 Å². The molecule has 3 atom stereocenters. The van der Waals surface area contributed by atoms with Crippen molar-refractivity contribution in [1.82, 2.24) is 10.6 Å². The second-order valence-electron chi connectivity index (χ2n) is 14.0. The number of rotatable bonds is 12. The Bertz CT molecular complexity index is 1650. The number of benzene rings is 3. The van der Waals surface area contributed by atoms with Crippen molar-refractivity contribution in [3.8, 4) is 5.75 Å². The number of nitrogens with zero attached hydrogens (tertiary/aromatic N) is 1. The number of ketones is 1. The maximum atomic E-state index is 16.3. The molecule has 1 heterocycles. The van der Waals surface area contributed by atoms with Crippen LogP contribution in [0.2, 0.25) is 0 Å². The molecule has 0 radical (unpaired) electrons. The van der Waals surface area contributed by atoms with Gasteiger partial charge in [0, 0.05) is 41.8 Å². The van der Waals surface area contributed by atoms with Crippen LogP contribution in [0.4, 0.5) is 15.8 Å². The second-order valence-corrected chi connectivity index (χ2v) is 16.1. The molecule has 5 rings (SSSR count). The summed E-state index contributed by atoms with van der Waals surface area (Å²) in [6.45, 7) is 7.94. The first-order valence-corrected chi connectivity index (χ1v) is 18.5. The fraction of sp³-hybridized carbons (Fsp3) is 0.459. The number of hydrogen-bond acceptors (Lipinski definition) is 9. The van der Waals surface area contributed by atoms with E-state index in [0.29, 0.717) is 36.3 Å². The number of ether oxygens (including phenoxy) is 1. The van der Waals surface area contributed by atoms with E-state index in [0.717, 1.165) is 11.1 Å². The molecular weight excluding hydrogens is 647 g/mol. The zero-order valence-corrected chi connectivity index (χ0v) is 29.6. The van der Waals surface area contributed by atoms with Crippen molar-refractivity contribution in [2.24, 2.45) is 5.41 Å². The highest BCUT2D eigenvalue weighted by Gasteiger charge is 2.40. The van der Waals surface area contributed by atoms with Gasteiger partial charge in [0.15, 0.2) is 11.6 Å². The summed E-state index contributed by atoms with van der Waals surface area (Å²) in [5, 5.41) is 21.2. The van der Waals surface area contributed by atoms with Crippen molar-refractivity contribution >= 4 is 33.8 Å². The summed E-state index contributed by atoms with van der Waals surface area (Å²) < 4.78 is 44.6. The highest BCUT2D eigenvalue weighted by molar-refractivity contribution is 8.25. The van der Waals surface area contributed by atoms with Gasteiger partial charge in [-0.1, -0.05) is 44.2 Å². The Hall–Kier alpha value is -3.68. The lowest BCUT2D eigenvalue weighted by Crippen LogP contribution is -2.50. The summed E-state index contributed by atoms with van der Waals surface area (Å²) >= 11 is 0. The van der Waals surface area contributed by atoms with E-state index in [1.54, 1.807) is 19.2 Å². The van der Waals surface area contributed by atoms with E-state index >= 15 is 4.39 Å². The van der Waals surface area contributed by atoms with Crippen molar-refractivity contribution in [2.45, 2.75) is 77.6 Å². The summed E-state index contributed by atoms with van der Waals surface area (Å²) in [7, 11) is -1.70. The second kappa shape index (κ2) is 15.1. The van der Waals surface area contributed by atoms with Crippen molar-refractivity contribution in [3.63, 3.8) is 0 Å². The Morgan fingerprint density at radius 1 is 1.10 bits per heavy atom. The number of methoxy groups -OCH3 is 1. The Morgan fingerprint density at radius 3 is 2.51 bits per heavy atom. The molecule has 1 saturated heterocycles. The molecule has 0 aromatic heterocycles. The molecule has 49 heavy (non-hydrogen) atoms. The molecule has 0 bridgehead atoms. The zero-order valence-electron chi connectivity index (χ0n) is 28.8. The van der Waals surface area contributed by atoms with E-state index in [1.165, 1.54) is 16.4 Å². The number of fused-ring (bicyclic) bond motifs is 1. The summed E-state index contributed by atoms with van der Waals surface area (Å²) in [6, 6.07) is 16.6. The summed E-state index contributed by atoms with van der Waals surface area (Å²) in [5.41, 5.74) is 1.75. The lowest BCUT2D eigenvalue weighted by molar-refractivity contribution is 0.0749. The van der Waals surface area contributed by atoms with Crippen LogP contribution in [-0.2, 0) is 6.42 Å². The van der Waals surface area contributed by atoms with Gasteiger partial charge in [-0.25, -0.2) is 4.39 Å². The van der Waals surface area contributed by atoms with Gasteiger partial charge in [-0.15, -0.1) is 10.8 Å². The Morgan fingerprint density at radius 2 is 1.84 bits per heavy atom. The number of nitrogens with one attached hydrogen (secondary N) is 3. The molecule has 266 valence electrons. The molecule has 0 unspecified atom stereocenters. The third-order valence-electron chi connectivity index (χ3n) is 9.27. The SMILES string of the molecule is COc1ccc2c(c1)[C@@H](NC[C@@H](O)[C@H](Cc1ccccc1)NC(=O)c1cc(NC(C)C)cc(N3CCCCS3(O)O)c1F)CC(C)(C)C2=O. The fourth-order valence-electron chi connectivity index (χ4n) is 6.68. The van der Waals surface area contributed by atoms with Gasteiger partial charge in [0.2, 0.25) is 0 Å². The number of anilines is 2. The first kappa shape index (κ1) is 36.6. The number of aliphatic hydroxyl groups excluding tert-OH is 1. The predicted octanol–water partition coefficient (Wildman–Crippen LogP) is 6.57. The summed E-state index contributed by atoms with van der Waals surface area (Å²) in [6.07, 6.45) is 0.916. The molecule has 10 nitrogen and oxygen atoms in total. The summed E-state index contributed by atoms with van der Waals surface area (Å²) in [5.74, 6) is -0.815. The average Bonchev–Trinajstić information content (AvgIpc) is 3.06. The Balaban J connectivity index is 1.43. The Kier molecular flexibility index (Phi) is 11.2. The number of aliphatic hydroxyl groups is 1. The molecule has 0 spiro atoms. The number of carbonyl (C=O) groups excluding carboxylic acids is 2. The lowest BCUT2D eigenvalue weighted by atomic mass is 9.71. The maximum absolute atomic E-state index is 16.3. The molecule has 0 saturated carbocycles. The first-order chi connectivity index (χ1) is 23.2. The Labute approximate surface area is 289 Å². The van der Waals surface area contributed by atoms with Crippen LogP contribution < -0.4 is 25.0 Å². The van der Waals surface area contributed by atoms with Crippen LogP contribution in [0.5, 0.6) is 5.75 Å². The molecule has 6 N–H and O–H groups in total. The minimum atomic E-state index is -3.26. The highest BCUT2D eigenvalue weighted by atomic mass is 32.3. The van der Waals surface area contributed by atoms with Gasteiger partial charge in [-0.3, -0.25) is 23.0 Å². The smallest absolute Gasteiger partial charge is 0.254 e. The molecule has 1 aliphatic heterocycles. The van der Waals surface area contributed by atoms with Crippen LogP contribution in [-0.4, -0.2) is 70.0 Å². The van der Waals surface area contributed by atoms with Gasteiger partial charge in [0.25, 0.3) is 5.91 Å². The predicted molar refractivity (Wildman–Crippen MR) is 193 cm³/mol. The minimum absolute atomic E-state index is 0.0411. The average molecular weight is 697 g/mol. The lowest BCUT2D eigenvalue weighted by Gasteiger charge is -2.47. The van der Waals surface area contributed by atoms with Gasteiger partial charge < -0.3 is 25.8 Å². The molecular formula is C37H49FN4O6S. The topological polar surface area (TPSA) is 143 Å². The number of hydrogen-bond donors (Lipinski definition) is 6. The van der Waals surface area contributed by atoms with Gasteiger partial charge in [0.05, 0.1) is 36.3 Å². The van der Waals surface area contributed by atoms with Crippen LogP contribution in [0.3, 0.4) is 0 Å². The van der Waals surface area contributed by atoms with Crippen molar-refractivity contribution in [2.75, 3.05) is 35.6 Å². The van der Waals surface area contributed by atoms with E-state index < -0.39 is 40.1 Å². The third kappa shape index (κ3) is 8.38. The monoisotopic (exact) mass is 696 g/mol. The largest absolute Gasteiger partial charge is 0.497 e. The molecule has 2 aliphatic rings. The van der Waals surface area contributed by atoms with E-state index in [1.807, 2.05) is 64.1 Å². The fourth-order valence-corrected chi connectivity index (χ4v) is 8.36. The van der Waals surface area contributed by atoms with Crippen molar-refractivity contribution in [3.05, 3.63) is 88.7 Å². The normalized spacial score (nSPS) is 20.2. The molecule has 3 aromatic rings. The molecule has 12 heteroatoms. The highest BCUT2D eigenvalue weighted by Crippen LogP contribution is 2.51. The minimum Gasteiger partial charge on any atom is -0.497 e. The number of carbonyl (C=O) groups is 2. The zero-order chi connectivity index (χ0) is 35.5. The van der Waals surface area contributed by atoms with Crippen molar-refractivity contribution < 1.29 is 32.9 Å². The maximum Gasteiger partial charge on any atom is 0.254 e. The third-order valence-corrected chi connectivity index (χ3v) is 11.2.